The van der Waals surface area contributed by atoms with E-state index in [0.29, 0.717) is 6.54 Å². The van der Waals surface area contributed by atoms with Crippen molar-refractivity contribution < 1.29 is 19.4 Å². The highest BCUT2D eigenvalue weighted by Gasteiger charge is 2.30. The van der Waals surface area contributed by atoms with Gasteiger partial charge in [0, 0.05) is 13.0 Å². The highest BCUT2D eigenvalue weighted by molar-refractivity contribution is 6.27. The average molecular weight is 208 g/mol. The van der Waals surface area contributed by atoms with Crippen LogP contribution < -0.4 is 5.32 Å². The minimum absolute atomic E-state index is 0.272. The quantitative estimate of drug-likeness (QED) is 0.346. The molecule has 0 amide bonds. The molecule has 0 radical (unpaired) electrons. The Bertz CT molecular complexity index is 221. The second kappa shape index (κ2) is 4.55. The van der Waals surface area contributed by atoms with E-state index in [9.17, 15) is 9.59 Å². The van der Waals surface area contributed by atoms with Gasteiger partial charge in [0.15, 0.2) is 0 Å². The molecule has 2 atom stereocenters. The van der Waals surface area contributed by atoms with Gasteiger partial charge in [-0.2, -0.15) is 0 Å². The second-order valence-electron chi connectivity index (χ2n) is 2.78. The van der Waals surface area contributed by atoms with E-state index in [4.69, 9.17) is 16.7 Å². The van der Waals surface area contributed by atoms with E-state index in [0.717, 1.165) is 0 Å². The Balaban J connectivity index is 2.36. The van der Waals surface area contributed by atoms with E-state index in [-0.39, 0.29) is 12.3 Å². The molecule has 0 aromatic heterocycles. The Morgan fingerprint density at radius 1 is 1.62 bits per heavy atom. The summed E-state index contributed by atoms with van der Waals surface area (Å²) in [7, 11) is 0. The number of aliphatic hydroxyl groups is 1. The molecule has 0 saturated carbocycles. The third-order valence-corrected chi connectivity index (χ3v) is 1.93. The first-order valence-corrected chi connectivity index (χ1v) is 4.39. The Morgan fingerprint density at radius 3 is 2.77 bits per heavy atom. The van der Waals surface area contributed by atoms with Crippen molar-refractivity contribution >= 4 is 23.5 Å². The number of halogens is 1. The van der Waals surface area contributed by atoms with Crippen molar-refractivity contribution in [2.24, 2.45) is 0 Å². The van der Waals surface area contributed by atoms with Gasteiger partial charge in [-0.1, -0.05) is 0 Å². The lowest BCUT2D eigenvalue weighted by atomic mass is 10.2. The number of β-amino-alcohol motifs (C(OH)–C–C–N with tert-alkyl or cyclic N) is 1. The van der Waals surface area contributed by atoms with Gasteiger partial charge in [-0.05, 0) is 0 Å². The Labute approximate surface area is 80.0 Å². The molecule has 5 nitrogen and oxygen atoms in total. The van der Waals surface area contributed by atoms with E-state index in [2.05, 4.69) is 10.1 Å². The summed E-state index contributed by atoms with van der Waals surface area (Å²) in [6.07, 6.45) is -0.280. The number of hydrogen-bond acceptors (Lipinski definition) is 5. The van der Waals surface area contributed by atoms with Crippen molar-refractivity contribution in [2.45, 2.75) is 18.6 Å². The van der Waals surface area contributed by atoms with Gasteiger partial charge in [-0.25, -0.2) is 4.79 Å². The number of carbonyl (C=O) groups is 2. The van der Waals surface area contributed by atoms with Gasteiger partial charge in [0.2, 0.25) is 0 Å². The normalized spacial score (nSPS) is 27.2. The van der Waals surface area contributed by atoms with Crippen LogP contribution in [0, 0.1) is 0 Å². The molecule has 1 heterocycles. The number of alkyl halides is 1. The minimum Gasteiger partial charge on any atom is -0.392 e. The van der Waals surface area contributed by atoms with Gasteiger partial charge in [-0.15, -0.1) is 11.6 Å². The standard InChI is InChI=1S/C7H10ClNO4/c8-2-6(11)13-7(12)5-1-4(10)3-9-5/h4-5,9-10H,1-3H2. The predicted octanol–water partition coefficient (Wildman–Crippen LogP) is -0.982. The van der Waals surface area contributed by atoms with Crippen molar-refractivity contribution in [1.82, 2.24) is 5.32 Å². The maximum Gasteiger partial charge on any atom is 0.330 e. The lowest BCUT2D eigenvalue weighted by Crippen LogP contribution is -2.34. The van der Waals surface area contributed by atoms with Crippen LogP contribution >= 0.6 is 11.6 Å². The van der Waals surface area contributed by atoms with Crippen LogP contribution in [0.25, 0.3) is 0 Å². The lowest BCUT2D eigenvalue weighted by Gasteiger charge is -2.06. The molecule has 1 fully saturated rings. The van der Waals surface area contributed by atoms with Crippen LogP contribution in [0.3, 0.4) is 0 Å². The molecule has 6 heteroatoms. The monoisotopic (exact) mass is 207 g/mol. The first kappa shape index (κ1) is 10.4. The Morgan fingerprint density at radius 2 is 2.31 bits per heavy atom. The molecule has 0 bridgehead atoms. The van der Waals surface area contributed by atoms with Gasteiger partial charge in [0.05, 0.1) is 6.10 Å². The molecule has 1 aliphatic heterocycles. The van der Waals surface area contributed by atoms with Crippen LogP contribution in [0.5, 0.6) is 0 Å². The fourth-order valence-electron chi connectivity index (χ4n) is 1.11. The van der Waals surface area contributed by atoms with Gasteiger partial charge in [0.25, 0.3) is 0 Å². The van der Waals surface area contributed by atoms with Crippen molar-refractivity contribution in [3.8, 4) is 0 Å². The van der Waals surface area contributed by atoms with E-state index < -0.39 is 24.1 Å². The summed E-state index contributed by atoms with van der Waals surface area (Å²) in [4.78, 5) is 21.7. The third kappa shape index (κ3) is 2.95. The highest BCUT2D eigenvalue weighted by atomic mass is 35.5. The van der Waals surface area contributed by atoms with Crippen LogP contribution in [-0.4, -0.2) is 41.6 Å². The number of rotatable bonds is 2. The Hall–Kier alpha value is -0.650. The molecular weight excluding hydrogens is 198 g/mol. The molecule has 1 aliphatic rings. The second-order valence-corrected chi connectivity index (χ2v) is 3.04. The van der Waals surface area contributed by atoms with E-state index >= 15 is 0 Å². The summed E-state index contributed by atoms with van der Waals surface area (Å²) in [5, 5.41) is 11.8. The van der Waals surface area contributed by atoms with Crippen molar-refractivity contribution in [3.63, 3.8) is 0 Å². The highest BCUT2D eigenvalue weighted by Crippen LogP contribution is 2.07. The number of carbonyl (C=O) groups excluding carboxylic acids is 2. The molecule has 74 valence electrons. The van der Waals surface area contributed by atoms with Crippen LogP contribution in [0.15, 0.2) is 0 Å². The maximum absolute atomic E-state index is 11.1. The summed E-state index contributed by atoms with van der Waals surface area (Å²) in [6, 6.07) is -0.595. The number of ether oxygens (including phenoxy) is 1. The molecule has 0 aromatic rings. The molecular formula is C7H10ClNO4. The average Bonchev–Trinajstić information content (AvgIpc) is 2.51. The SMILES string of the molecule is O=C(CCl)OC(=O)C1CC(O)CN1. The summed E-state index contributed by atoms with van der Waals surface area (Å²) in [5.74, 6) is -1.79. The largest absolute Gasteiger partial charge is 0.392 e. The van der Waals surface area contributed by atoms with Crippen LogP contribution in [0.1, 0.15) is 6.42 Å². The zero-order valence-electron chi connectivity index (χ0n) is 6.83. The van der Waals surface area contributed by atoms with Crippen LogP contribution in [0.4, 0.5) is 0 Å². The van der Waals surface area contributed by atoms with Gasteiger partial charge >= 0.3 is 11.9 Å². The maximum atomic E-state index is 11.1. The lowest BCUT2D eigenvalue weighted by molar-refractivity contribution is -0.159. The van der Waals surface area contributed by atoms with Gasteiger partial charge in [0.1, 0.15) is 11.9 Å². The van der Waals surface area contributed by atoms with Crippen molar-refractivity contribution in [1.29, 1.82) is 0 Å². The number of hydrogen-bond donors (Lipinski definition) is 2. The van der Waals surface area contributed by atoms with Gasteiger partial charge in [-0.3, -0.25) is 4.79 Å². The summed E-state index contributed by atoms with van der Waals surface area (Å²) >= 11 is 5.13. The number of nitrogens with one attached hydrogen (secondary N) is 1. The molecule has 13 heavy (non-hydrogen) atoms. The number of esters is 2. The molecule has 2 N–H and O–H groups in total. The zero-order chi connectivity index (χ0) is 9.84. The molecule has 1 saturated heterocycles. The van der Waals surface area contributed by atoms with Gasteiger partial charge < -0.3 is 15.2 Å². The zero-order valence-corrected chi connectivity index (χ0v) is 7.58. The first-order chi connectivity index (χ1) is 6.13. The summed E-state index contributed by atoms with van der Waals surface area (Å²) in [6.45, 7) is 0.342. The number of aliphatic hydroxyl groups excluding tert-OH is 1. The smallest absolute Gasteiger partial charge is 0.330 e. The molecule has 2 unspecified atom stereocenters. The van der Waals surface area contributed by atoms with E-state index in [1.807, 2.05) is 0 Å². The minimum atomic E-state index is -0.769. The molecule has 0 aromatic carbocycles. The first-order valence-electron chi connectivity index (χ1n) is 3.85. The topological polar surface area (TPSA) is 75.6 Å². The van der Waals surface area contributed by atoms with Crippen molar-refractivity contribution in [2.75, 3.05) is 12.4 Å². The van der Waals surface area contributed by atoms with E-state index in [1.54, 1.807) is 0 Å². The Kier molecular flexibility index (Phi) is 3.65. The summed E-state index contributed by atoms with van der Waals surface area (Å²) in [5.41, 5.74) is 0. The molecule has 1 rings (SSSR count). The fourth-order valence-corrected chi connectivity index (χ4v) is 1.16. The predicted molar refractivity (Wildman–Crippen MR) is 44.2 cm³/mol. The van der Waals surface area contributed by atoms with Crippen LogP contribution in [0.2, 0.25) is 0 Å². The van der Waals surface area contributed by atoms with E-state index in [1.165, 1.54) is 0 Å². The summed E-state index contributed by atoms with van der Waals surface area (Å²) < 4.78 is 4.35. The molecule has 0 spiro atoms. The van der Waals surface area contributed by atoms with Crippen LogP contribution in [-0.2, 0) is 14.3 Å². The third-order valence-electron chi connectivity index (χ3n) is 1.72. The van der Waals surface area contributed by atoms with Crippen molar-refractivity contribution in [3.05, 3.63) is 0 Å². The molecule has 0 aliphatic carbocycles. The fraction of sp³-hybridized carbons (Fsp3) is 0.714.